The van der Waals surface area contributed by atoms with Crippen LogP contribution in [0.3, 0.4) is 0 Å². The highest BCUT2D eigenvalue weighted by Crippen LogP contribution is 2.14. The molecule has 0 saturated carbocycles. The van der Waals surface area contributed by atoms with Crippen molar-refractivity contribution in [2.24, 2.45) is 0 Å². The fourth-order valence-electron chi connectivity index (χ4n) is 1.32. The highest BCUT2D eigenvalue weighted by atomic mass is 35.5. The maximum absolute atomic E-state index is 10.5. The van der Waals surface area contributed by atoms with Gasteiger partial charge in [0.15, 0.2) is 4.36 Å². The molecule has 2 rings (SSSR count). The van der Waals surface area contributed by atoms with Crippen LogP contribution >= 0.6 is 11.6 Å². The molecule has 0 atom stereocenters. The Morgan fingerprint density at radius 1 is 1.10 bits per heavy atom. The van der Waals surface area contributed by atoms with Crippen molar-refractivity contribution in [3.05, 3.63) is 70.1 Å². The fourth-order valence-corrected chi connectivity index (χ4v) is 1.73. The molecule has 0 fully saturated rings. The van der Waals surface area contributed by atoms with Crippen LogP contribution in [-0.4, -0.2) is 13.0 Å². The molecule has 2 aromatic carbocycles. The van der Waals surface area contributed by atoms with Gasteiger partial charge in [-0.1, -0.05) is 59.6 Å². The second kappa shape index (κ2) is 7.83. The topological polar surface area (TPSA) is 80.4 Å². The minimum Gasteiger partial charge on any atom is -0.399 e. The minimum absolute atomic E-state index is 0.585. The van der Waals surface area contributed by atoms with Crippen molar-refractivity contribution in [1.82, 2.24) is 0 Å². The second-order valence-corrected chi connectivity index (χ2v) is 6.27. The summed E-state index contributed by atoms with van der Waals surface area (Å²) in [5.41, 5.74) is 8.12. The molecule has 0 unspecified atom stereocenters. The first-order valence-corrected chi connectivity index (χ1v) is 7.83. The Bertz CT molecular complexity index is 674. The van der Waals surface area contributed by atoms with Gasteiger partial charge in [0.05, 0.1) is 0 Å². The summed E-state index contributed by atoms with van der Waals surface area (Å²) in [5, 5.41) is 0. The molecule has 112 valence electrons. The van der Waals surface area contributed by atoms with Gasteiger partial charge in [-0.05, 0) is 30.7 Å². The summed E-state index contributed by atoms with van der Waals surface area (Å²) in [5.74, 6) is 0. The number of hydrogen-bond donors (Lipinski definition) is 2. The maximum Gasteiger partial charge on any atom is 0.305 e. The molecule has 0 aliphatic heterocycles. The Hall–Kier alpha value is -1.82. The van der Waals surface area contributed by atoms with E-state index in [1.165, 1.54) is 11.6 Å². The molecule has 0 spiro atoms. The summed E-state index contributed by atoms with van der Waals surface area (Å²) in [6.45, 7) is 2.04. The van der Waals surface area contributed by atoms with E-state index in [2.05, 4.69) is 0 Å². The Kier molecular flexibility index (Phi) is 6.42. The number of benzene rings is 2. The van der Waals surface area contributed by atoms with E-state index in [1.54, 1.807) is 30.3 Å². The van der Waals surface area contributed by atoms with E-state index in [0.29, 0.717) is 5.56 Å². The lowest BCUT2D eigenvalue weighted by Gasteiger charge is -1.94. The number of hydrogen-bond acceptors (Lipinski definition) is 3. The van der Waals surface area contributed by atoms with Crippen LogP contribution in [-0.2, 0) is 10.1 Å². The molecule has 0 amide bonds. The molecule has 0 saturated heterocycles. The fraction of sp³-hybridized carbons (Fsp3) is 0.0667. The molecule has 0 aromatic heterocycles. The molecule has 6 heteroatoms. The Morgan fingerprint density at radius 2 is 1.62 bits per heavy atom. The average molecular weight is 326 g/mol. The average Bonchev–Trinajstić information content (AvgIpc) is 2.43. The monoisotopic (exact) mass is 325 g/mol. The van der Waals surface area contributed by atoms with Crippen molar-refractivity contribution in [3.63, 3.8) is 0 Å². The summed E-state index contributed by atoms with van der Waals surface area (Å²) >= 11 is 5.31. The third-order valence-corrected chi connectivity index (χ3v) is 3.71. The number of rotatable bonds is 2. The van der Waals surface area contributed by atoms with E-state index >= 15 is 0 Å². The molecule has 2 aromatic rings. The van der Waals surface area contributed by atoms with Crippen LogP contribution in [0.5, 0.6) is 0 Å². The molecule has 21 heavy (non-hydrogen) atoms. The summed E-state index contributed by atoms with van der Waals surface area (Å²) in [4.78, 5) is 0. The summed E-state index contributed by atoms with van der Waals surface area (Å²) < 4.78 is 28.9. The quantitative estimate of drug-likeness (QED) is 0.652. The van der Waals surface area contributed by atoms with Crippen LogP contribution in [0.2, 0.25) is 0 Å². The number of halogens is 1. The van der Waals surface area contributed by atoms with Crippen LogP contribution in [0.1, 0.15) is 11.1 Å². The van der Waals surface area contributed by atoms with Crippen LogP contribution < -0.4 is 5.73 Å². The van der Waals surface area contributed by atoms with Crippen molar-refractivity contribution in [2.75, 3.05) is 5.73 Å². The van der Waals surface area contributed by atoms with E-state index in [-0.39, 0.29) is 0 Å². The minimum atomic E-state index is -4.27. The zero-order valence-electron chi connectivity index (χ0n) is 11.4. The summed E-state index contributed by atoms with van der Waals surface area (Å²) in [6.07, 6.45) is 1.18. The van der Waals surface area contributed by atoms with Crippen molar-refractivity contribution in [2.45, 2.75) is 6.92 Å². The van der Waals surface area contributed by atoms with Crippen molar-refractivity contribution in [1.29, 1.82) is 0 Å². The molecule has 0 bridgehead atoms. The zero-order valence-corrected chi connectivity index (χ0v) is 13.0. The third kappa shape index (κ3) is 6.94. The van der Waals surface area contributed by atoms with Crippen molar-refractivity contribution < 1.29 is 13.0 Å². The smallest absolute Gasteiger partial charge is 0.305 e. The molecule has 0 aliphatic carbocycles. The molecular weight excluding hydrogens is 310 g/mol. The molecule has 0 heterocycles. The zero-order chi connectivity index (χ0) is 15.9. The van der Waals surface area contributed by atoms with E-state index in [9.17, 15) is 8.42 Å². The highest BCUT2D eigenvalue weighted by Gasteiger charge is 2.09. The predicted octanol–water partition coefficient (Wildman–Crippen LogP) is 3.69. The first kappa shape index (κ1) is 17.2. The van der Waals surface area contributed by atoms with Gasteiger partial charge < -0.3 is 5.73 Å². The van der Waals surface area contributed by atoms with E-state index in [4.69, 9.17) is 21.9 Å². The lowest BCUT2D eigenvalue weighted by molar-refractivity contribution is 0.493. The van der Waals surface area contributed by atoms with Gasteiger partial charge in [0.1, 0.15) is 0 Å². The van der Waals surface area contributed by atoms with Crippen molar-refractivity contribution >= 4 is 33.5 Å². The van der Waals surface area contributed by atoms with Gasteiger partial charge in [0.2, 0.25) is 0 Å². The molecular formula is C15H16ClNO3S. The molecule has 3 N–H and O–H groups in total. The Labute approximate surface area is 129 Å². The Morgan fingerprint density at radius 3 is 2.05 bits per heavy atom. The van der Waals surface area contributed by atoms with Gasteiger partial charge in [0, 0.05) is 5.69 Å². The van der Waals surface area contributed by atoms with Crippen LogP contribution in [0.4, 0.5) is 5.69 Å². The summed E-state index contributed by atoms with van der Waals surface area (Å²) in [6, 6.07) is 16.4. The first-order chi connectivity index (χ1) is 9.79. The van der Waals surface area contributed by atoms with Crippen LogP contribution in [0.25, 0.3) is 6.08 Å². The second-order valence-electron chi connectivity index (χ2n) is 4.24. The van der Waals surface area contributed by atoms with Gasteiger partial charge in [-0.3, -0.25) is 4.55 Å². The number of anilines is 1. The van der Waals surface area contributed by atoms with E-state index < -0.39 is 14.5 Å². The normalized spacial score (nSPS) is 11.5. The number of nitrogen functional groups attached to an aromatic ring is 1. The van der Waals surface area contributed by atoms with Crippen LogP contribution in [0.15, 0.2) is 59.0 Å². The lowest BCUT2D eigenvalue weighted by Crippen LogP contribution is -1.95. The molecule has 4 nitrogen and oxygen atoms in total. The van der Waals surface area contributed by atoms with Gasteiger partial charge in [0.25, 0.3) is 0 Å². The van der Waals surface area contributed by atoms with Gasteiger partial charge in [-0.2, -0.15) is 8.42 Å². The maximum atomic E-state index is 10.5. The molecule has 0 radical (unpaired) electrons. The SMILES string of the molecule is Cc1ccc(N)cc1.O=S(=O)(O)/C(Cl)=C/c1ccccc1. The van der Waals surface area contributed by atoms with Gasteiger partial charge in [-0.15, -0.1) is 0 Å². The van der Waals surface area contributed by atoms with E-state index in [0.717, 1.165) is 5.69 Å². The number of nitrogens with two attached hydrogens (primary N) is 1. The van der Waals surface area contributed by atoms with Crippen molar-refractivity contribution in [3.8, 4) is 0 Å². The lowest BCUT2D eigenvalue weighted by atomic mass is 10.2. The van der Waals surface area contributed by atoms with Gasteiger partial charge >= 0.3 is 10.1 Å². The predicted molar refractivity (Wildman–Crippen MR) is 87.4 cm³/mol. The van der Waals surface area contributed by atoms with E-state index in [1.807, 2.05) is 31.2 Å². The standard InChI is InChI=1S/C8H7ClO3S.C7H9N/c9-8(13(10,11)12)6-7-4-2-1-3-5-7;1-6-2-4-7(8)5-3-6/h1-6H,(H,10,11,12);2-5H,8H2,1H3/b8-6+;. The summed E-state index contributed by atoms with van der Waals surface area (Å²) in [7, 11) is -4.27. The largest absolute Gasteiger partial charge is 0.399 e. The first-order valence-electron chi connectivity index (χ1n) is 6.01. The third-order valence-electron chi connectivity index (χ3n) is 2.40. The number of aryl methyl sites for hydroxylation is 1. The van der Waals surface area contributed by atoms with Crippen LogP contribution in [0, 0.1) is 6.92 Å². The highest BCUT2D eigenvalue weighted by molar-refractivity contribution is 7.91. The van der Waals surface area contributed by atoms with Gasteiger partial charge in [-0.25, -0.2) is 0 Å². The Balaban J connectivity index is 0.000000235. The molecule has 0 aliphatic rings.